The van der Waals surface area contributed by atoms with Crippen LogP contribution in [0.25, 0.3) is 0 Å². The number of hydrogen-bond donors (Lipinski definition) is 1. The van der Waals surface area contributed by atoms with Crippen molar-refractivity contribution in [1.82, 2.24) is 15.3 Å². The van der Waals surface area contributed by atoms with Crippen molar-refractivity contribution in [2.75, 3.05) is 31.1 Å². The highest BCUT2D eigenvalue weighted by atomic mass is 15.3. The predicted molar refractivity (Wildman–Crippen MR) is 81.1 cm³/mol. The summed E-state index contributed by atoms with van der Waals surface area (Å²) in [5.74, 6) is 0.859. The number of piperazine rings is 1. The Bertz CT molecular complexity index is 576. The first-order valence-corrected chi connectivity index (χ1v) is 7.15. The van der Waals surface area contributed by atoms with E-state index in [0.29, 0.717) is 0 Å². The number of nitrogens with zero attached hydrogens (tertiary/aromatic N) is 3. The zero-order chi connectivity index (χ0) is 13.8. The van der Waals surface area contributed by atoms with Crippen LogP contribution in [0.5, 0.6) is 0 Å². The van der Waals surface area contributed by atoms with Crippen molar-refractivity contribution >= 4 is 5.95 Å². The zero-order valence-corrected chi connectivity index (χ0v) is 11.8. The molecule has 1 aromatic carbocycles. The highest BCUT2D eigenvalue weighted by Gasteiger charge is 2.13. The summed E-state index contributed by atoms with van der Waals surface area (Å²) in [5, 5.41) is 3.35. The fourth-order valence-electron chi connectivity index (χ4n) is 2.50. The van der Waals surface area contributed by atoms with Gasteiger partial charge in [-0.05, 0) is 24.1 Å². The van der Waals surface area contributed by atoms with Gasteiger partial charge in [0.1, 0.15) is 0 Å². The topological polar surface area (TPSA) is 41.1 Å². The Labute approximate surface area is 119 Å². The molecule has 0 amide bonds. The van der Waals surface area contributed by atoms with Gasteiger partial charge >= 0.3 is 0 Å². The molecule has 1 N–H and O–H groups in total. The number of anilines is 1. The highest BCUT2D eigenvalue weighted by Crippen LogP contribution is 2.14. The van der Waals surface area contributed by atoms with Crippen LogP contribution in [0, 0.1) is 6.92 Å². The average Bonchev–Trinajstić information content (AvgIpc) is 2.51. The standard InChI is InChI=1S/C16H20N4/c1-13-4-2-3-5-14(13)12-15-6-7-18-16(19-15)20-10-8-17-9-11-20/h2-7,17H,8-12H2,1H3. The number of aryl methyl sites for hydroxylation is 1. The van der Waals surface area contributed by atoms with Gasteiger partial charge in [-0.3, -0.25) is 0 Å². The molecule has 1 saturated heterocycles. The number of rotatable bonds is 3. The molecule has 2 heterocycles. The number of benzene rings is 1. The molecule has 0 bridgehead atoms. The first kappa shape index (κ1) is 13.1. The maximum absolute atomic E-state index is 4.72. The van der Waals surface area contributed by atoms with E-state index in [0.717, 1.165) is 44.2 Å². The average molecular weight is 268 g/mol. The minimum atomic E-state index is 0.859. The fourth-order valence-corrected chi connectivity index (χ4v) is 2.50. The van der Waals surface area contributed by atoms with E-state index in [2.05, 4.69) is 46.4 Å². The maximum atomic E-state index is 4.72. The van der Waals surface area contributed by atoms with Crippen LogP contribution in [0.4, 0.5) is 5.95 Å². The van der Waals surface area contributed by atoms with Crippen molar-refractivity contribution in [3.8, 4) is 0 Å². The Morgan fingerprint density at radius 2 is 1.95 bits per heavy atom. The summed E-state index contributed by atoms with van der Waals surface area (Å²) in [7, 11) is 0. The quantitative estimate of drug-likeness (QED) is 0.921. The summed E-state index contributed by atoms with van der Waals surface area (Å²) >= 11 is 0. The normalized spacial score (nSPS) is 15.3. The van der Waals surface area contributed by atoms with E-state index in [4.69, 9.17) is 4.98 Å². The highest BCUT2D eigenvalue weighted by molar-refractivity contribution is 5.34. The summed E-state index contributed by atoms with van der Waals surface area (Å²) in [6, 6.07) is 10.5. The molecule has 2 aromatic rings. The van der Waals surface area contributed by atoms with Gasteiger partial charge in [0.15, 0.2) is 0 Å². The smallest absolute Gasteiger partial charge is 0.225 e. The van der Waals surface area contributed by atoms with Crippen LogP contribution in [-0.4, -0.2) is 36.1 Å². The van der Waals surface area contributed by atoms with E-state index in [9.17, 15) is 0 Å². The number of hydrogen-bond acceptors (Lipinski definition) is 4. The van der Waals surface area contributed by atoms with Crippen LogP contribution in [0.15, 0.2) is 36.5 Å². The van der Waals surface area contributed by atoms with Gasteiger partial charge in [-0.15, -0.1) is 0 Å². The van der Waals surface area contributed by atoms with Crippen molar-refractivity contribution in [3.63, 3.8) is 0 Å². The molecule has 20 heavy (non-hydrogen) atoms. The van der Waals surface area contributed by atoms with Crippen molar-refractivity contribution in [2.24, 2.45) is 0 Å². The molecular weight excluding hydrogens is 248 g/mol. The Kier molecular flexibility index (Phi) is 3.92. The van der Waals surface area contributed by atoms with Crippen molar-refractivity contribution in [2.45, 2.75) is 13.3 Å². The lowest BCUT2D eigenvalue weighted by molar-refractivity contribution is 0.579. The fraction of sp³-hybridized carbons (Fsp3) is 0.375. The summed E-state index contributed by atoms with van der Waals surface area (Å²) in [6.45, 7) is 6.12. The summed E-state index contributed by atoms with van der Waals surface area (Å²) in [6.07, 6.45) is 2.74. The van der Waals surface area contributed by atoms with Crippen LogP contribution < -0.4 is 10.2 Å². The van der Waals surface area contributed by atoms with Gasteiger partial charge in [-0.1, -0.05) is 24.3 Å². The third-order valence-electron chi connectivity index (χ3n) is 3.73. The zero-order valence-electron chi connectivity index (χ0n) is 11.8. The monoisotopic (exact) mass is 268 g/mol. The molecule has 104 valence electrons. The number of aromatic nitrogens is 2. The van der Waals surface area contributed by atoms with Crippen molar-refractivity contribution in [1.29, 1.82) is 0 Å². The Hall–Kier alpha value is -1.94. The van der Waals surface area contributed by atoms with Crippen molar-refractivity contribution in [3.05, 3.63) is 53.3 Å². The van der Waals surface area contributed by atoms with Crippen LogP contribution in [-0.2, 0) is 6.42 Å². The van der Waals surface area contributed by atoms with Crippen LogP contribution in [0.1, 0.15) is 16.8 Å². The largest absolute Gasteiger partial charge is 0.338 e. The molecule has 0 unspecified atom stereocenters. The van der Waals surface area contributed by atoms with E-state index in [-0.39, 0.29) is 0 Å². The van der Waals surface area contributed by atoms with E-state index in [1.54, 1.807) is 0 Å². The molecule has 4 heteroatoms. The van der Waals surface area contributed by atoms with Gasteiger partial charge in [0, 0.05) is 38.8 Å². The van der Waals surface area contributed by atoms with Crippen LogP contribution >= 0.6 is 0 Å². The van der Waals surface area contributed by atoms with Gasteiger partial charge in [-0.2, -0.15) is 0 Å². The summed E-state index contributed by atoms with van der Waals surface area (Å²) < 4.78 is 0. The number of nitrogens with one attached hydrogen (secondary N) is 1. The summed E-state index contributed by atoms with van der Waals surface area (Å²) in [5.41, 5.74) is 3.73. The molecule has 1 fully saturated rings. The second-order valence-corrected chi connectivity index (χ2v) is 5.19. The molecule has 4 nitrogen and oxygen atoms in total. The molecule has 0 radical (unpaired) electrons. The molecule has 0 spiro atoms. The van der Waals surface area contributed by atoms with Gasteiger partial charge in [0.05, 0.1) is 5.69 Å². The lowest BCUT2D eigenvalue weighted by Gasteiger charge is -2.27. The molecule has 0 atom stereocenters. The molecule has 1 aliphatic heterocycles. The second kappa shape index (κ2) is 6.01. The lowest BCUT2D eigenvalue weighted by Crippen LogP contribution is -2.44. The van der Waals surface area contributed by atoms with Gasteiger partial charge in [0.25, 0.3) is 0 Å². The molecule has 1 aliphatic rings. The van der Waals surface area contributed by atoms with E-state index >= 15 is 0 Å². The SMILES string of the molecule is Cc1ccccc1Cc1ccnc(N2CCNCC2)n1. The summed E-state index contributed by atoms with van der Waals surface area (Å²) in [4.78, 5) is 11.4. The van der Waals surface area contributed by atoms with Crippen LogP contribution in [0.3, 0.4) is 0 Å². The first-order valence-electron chi connectivity index (χ1n) is 7.15. The Morgan fingerprint density at radius 3 is 2.75 bits per heavy atom. The third kappa shape index (κ3) is 2.96. The molecule has 0 aliphatic carbocycles. The third-order valence-corrected chi connectivity index (χ3v) is 3.73. The Morgan fingerprint density at radius 1 is 1.15 bits per heavy atom. The van der Waals surface area contributed by atoms with Gasteiger partial charge in [-0.25, -0.2) is 9.97 Å². The minimum Gasteiger partial charge on any atom is -0.338 e. The van der Waals surface area contributed by atoms with Crippen molar-refractivity contribution < 1.29 is 0 Å². The molecule has 1 aromatic heterocycles. The van der Waals surface area contributed by atoms with Gasteiger partial charge < -0.3 is 10.2 Å². The van der Waals surface area contributed by atoms with Gasteiger partial charge in [0.2, 0.25) is 5.95 Å². The van der Waals surface area contributed by atoms with Crippen LogP contribution in [0.2, 0.25) is 0 Å². The second-order valence-electron chi connectivity index (χ2n) is 5.19. The maximum Gasteiger partial charge on any atom is 0.225 e. The van der Waals surface area contributed by atoms with E-state index in [1.807, 2.05) is 12.3 Å². The predicted octanol–water partition coefficient (Wildman–Crippen LogP) is 1.79. The molecule has 3 rings (SSSR count). The first-order chi connectivity index (χ1) is 9.83. The van der Waals surface area contributed by atoms with E-state index in [1.165, 1.54) is 11.1 Å². The molecular formula is C16H20N4. The molecule has 0 saturated carbocycles. The minimum absolute atomic E-state index is 0.859. The lowest BCUT2D eigenvalue weighted by atomic mass is 10.0. The Balaban J connectivity index is 1.79. The van der Waals surface area contributed by atoms with E-state index < -0.39 is 0 Å².